The molecule has 0 fully saturated rings. The highest BCUT2D eigenvalue weighted by atomic mass is 15.2. The average Bonchev–Trinajstić information content (AvgIpc) is 3.78. The Morgan fingerprint density at radius 3 is 2.28 bits per heavy atom. The summed E-state index contributed by atoms with van der Waals surface area (Å²) in [5.74, 6) is 0.311. The second-order valence-electron chi connectivity index (χ2n) is 16.6. The maximum absolute atomic E-state index is 2.62. The van der Waals surface area contributed by atoms with Crippen molar-refractivity contribution in [1.82, 2.24) is 0 Å². The van der Waals surface area contributed by atoms with Gasteiger partial charge >= 0.3 is 0 Å². The van der Waals surface area contributed by atoms with E-state index < -0.39 is 0 Å². The number of benzene rings is 5. The molecule has 2 aliphatic heterocycles. The first-order valence-corrected chi connectivity index (χ1v) is 19.7. The van der Waals surface area contributed by atoms with Crippen molar-refractivity contribution in [2.24, 2.45) is 0 Å². The number of rotatable bonds is 4. The molecule has 0 saturated heterocycles. The first-order chi connectivity index (χ1) is 26.4. The van der Waals surface area contributed by atoms with Crippen molar-refractivity contribution < 1.29 is 0 Å². The molecule has 262 valence electrons. The van der Waals surface area contributed by atoms with Gasteiger partial charge in [-0.15, -0.1) is 0 Å². The van der Waals surface area contributed by atoms with Gasteiger partial charge in [-0.2, -0.15) is 0 Å². The van der Waals surface area contributed by atoms with E-state index in [0.29, 0.717) is 5.92 Å². The summed E-state index contributed by atoms with van der Waals surface area (Å²) in [6, 6.07) is 43.1. The van der Waals surface area contributed by atoms with Gasteiger partial charge in [0.2, 0.25) is 0 Å². The summed E-state index contributed by atoms with van der Waals surface area (Å²) in [5, 5.41) is 0. The lowest BCUT2D eigenvalue weighted by Crippen LogP contribution is -2.27. The fraction of sp³-hybridized carbons (Fsp3) is 0.192. The highest BCUT2D eigenvalue weighted by molar-refractivity contribution is 5.95. The number of anilines is 4. The van der Waals surface area contributed by atoms with E-state index in [2.05, 4.69) is 188 Å². The lowest BCUT2D eigenvalue weighted by molar-refractivity contribution is 0.577. The minimum Gasteiger partial charge on any atom is -0.313 e. The molecule has 54 heavy (non-hydrogen) atoms. The zero-order valence-corrected chi connectivity index (χ0v) is 31.3. The van der Waals surface area contributed by atoms with E-state index in [0.717, 1.165) is 25.7 Å². The van der Waals surface area contributed by atoms with Crippen LogP contribution in [0.4, 0.5) is 22.7 Å². The van der Waals surface area contributed by atoms with Gasteiger partial charge in [-0.1, -0.05) is 123 Å². The van der Waals surface area contributed by atoms with Crippen LogP contribution in [0.15, 0.2) is 175 Å². The molecule has 0 spiro atoms. The molecule has 5 aromatic carbocycles. The Balaban J connectivity index is 0.991. The van der Waals surface area contributed by atoms with Gasteiger partial charge in [-0.25, -0.2) is 0 Å². The monoisotopic (exact) mass is 696 g/mol. The van der Waals surface area contributed by atoms with Gasteiger partial charge in [-0.3, -0.25) is 0 Å². The zero-order valence-electron chi connectivity index (χ0n) is 31.3. The molecular weight excluding hydrogens is 653 g/mol. The molecule has 0 N–H and O–H groups in total. The molecule has 2 atom stereocenters. The third-order valence-corrected chi connectivity index (χ3v) is 13.3. The molecule has 0 radical (unpaired) electrons. The summed E-state index contributed by atoms with van der Waals surface area (Å²) in [7, 11) is 0. The highest BCUT2D eigenvalue weighted by Crippen LogP contribution is 2.60. The molecule has 6 aliphatic rings. The highest BCUT2D eigenvalue weighted by Gasteiger charge is 2.47. The molecule has 4 aliphatic carbocycles. The molecule has 0 saturated carbocycles. The first kappa shape index (κ1) is 31.6. The average molecular weight is 697 g/mol. The van der Waals surface area contributed by atoms with Gasteiger partial charge in [-0.05, 0) is 131 Å². The van der Waals surface area contributed by atoms with Crippen LogP contribution in [-0.2, 0) is 10.8 Å². The van der Waals surface area contributed by atoms with Crippen LogP contribution in [0, 0.1) is 0 Å². The first-order valence-electron chi connectivity index (χ1n) is 19.7. The molecule has 0 amide bonds. The Morgan fingerprint density at radius 1 is 0.630 bits per heavy atom. The Hall–Kier alpha value is -5.86. The predicted molar refractivity (Wildman–Crippen MR) is 226 cm³/mol. The SMILES string of the molecule is CC1(C)C2=C(CCC=C2)c2c(N3C4=CC=CCC4(C)c4cc(C5=CC=C6C(C5)c5ccccc5N6c5ccc(-c6ccccc6)cc5)ccc43)cccc21. The number of hydrogen-bond acceptors (Lipinski definition) is 2. The smallest absolute Gasteiger partial charge is 0.0537 e. The summed E-state index contributed by atoms with van der Waals surface area (Å²) in [6.07, 6.45) is 20.8. The van der Waals surface area contributed by atoms with Crippen molar-refractivity contribution in [2.75, 3.05) is 9.80 Å². The van der Waals surface area contributed by atoms with E-state index in [4.69, 9.17) is 0 Å². The van der Waals surface area contributed by atoms with E-state index in [1.54, 1.807) is 5.57 Å². The maximum Gasteiger partial charge on any atom is 0.0537 e. The van der Waals surface area contributed by atoms with Gasteiger partial charge in [0.15, 0.2) is 0 Å². The number of nitrogens with zero attached hydrogens (tertiary/aromatic N) is 2. The number of hydrogen-bond donors (Lipinski definition) is 0. The van der Waals surface area contributed by atoms with Gasteiger partial charge in [0.1, 0.15) is 0 Å². The molecule has 0 aromatic heterocycles. The summed E-state index contributed by atoms with van der Waals surface area (Å²) < 4.78 is 0. The third kappa shape index (κ3) is 4.40. The standard InChI is InChI=1S/C52H44N2/c1-51(2)42-18-9-7-17-40(42)50-43(51)19-13-21-48(50)54-47-30-26-37(33-44(47)52(3)31-12-11-22-49(52)54)36-25-29-46-41(32-36)39-16-8-10-20-45(39)53(46)38-27-23-35(24-28-38)34-14-5-4-6-15-34/h4-6,8-16,18-30,33,41H,7,17,31-32H2,1-3H3. The van der Waals surface area contributed by atoms with Crippen LogP contribution in [0.1, 0.15) is 80.2 Å². The molecular formula is C52H44N2. The minimum absolute atomic E-state index is 0.00798. The minimum atomic E-state index is -0.0977. The normalized spacial score (nSPS) is 22.5. The van der Waals surface area contributed by atoms with E-state index >= 15 is 0 Å². The lowest BCUT2D eigenvalue weighted by atomic mass is 9.75. The van der Waals surface area contributed by atoms with Crippen LogP contribution >= 0.6 is 0 Å². The molecule has 2 heteroatoms. The van der Waals surface area contributed by atoms with Gasteiger partial charge in [0, 0.05) is 45.1 Å². The predicted octanol–water partition coefficient (Wildman–Crippen LogP) is 13.6. The van der Waals surface area contributed by atoms with Gasteiger partial charge < -0.3 is 9.80 Å². The van der Waals surface area contributed by atoms with Crippen molar-refractivity contribution in [3.05, 3.63) is 203 Å². The lowest BCUT2D eigenvalue weighted by Gasteiger charge is -2.33. The van der Waals surface area contributed by atoms with Crippen LogP contribution in [-0.4, -0.2) is 0 Å². The molecule has 2 nitrogen and oxygen atoms in total. The van der Waals surface area contributed by atoms with E-state index in [9.17, 15) is 0 Å². The maximum atomic E-state index is 2.62. The second kappa shape index (κ2) is 11.6. The van der Waals surface area contributed by atoms with Gasteiger partial charge in [0.05, 0.1) is 11.4 Å². The largest absolute Gasteiger partial charge is 0.313 e. The van der Waals surface area contributed by atoms with Crippen molar-refractivity contribution in [3.63, 3.8) is 0 Å². The van der Waals surface area contributed by atoms with Crippen LogP contribution in [0.3, 0.4) is 0 Å². The molecule has 2 heterocycles. The van der Waals surface area contributed by atoms with Crippen LogP contribution in [0.5, 0.6) is 0 Å². The Labute approximate surface area is 319 Å². The Bertz CT molecular complexity index is 2590. The Kier molecular flexibility index (Phi) is 6.78. The van der Waals surface area contributed by atoms with E-state index in [-0.39, 0.29) is 10.8 Å². The topological polar surface area (TPSA) is 6.48 Å². The van der Waals surface area contributed by atoms with Crippen molar-refractivity contribution >= 4 is 33.9 Å². The van der Waals surface area contributed by atoms with Crippen molar-refractivity contribution in [1.29, 1.82) is 0 Å². The van der Waals surface area contributed by atoms with E-state index in [1.807, 2.05) is 0 Å². The molecule has 0 bridgehead atoms. The quantitative estimate of drug-likeness (QED) is 0.185. The van der Waals surface area contributed by atoms with Crippen molar-refractivity contribution in [3.8, 4) is 11.1 Å². The Morgan fingerprint density at radius 2 is 1.41 bits per heavy atom. The summed E-state index contributed by atoms with van der Waals surface area (Å²) in [6.45, 7) is 7.28. The van der Waals surface area contributed by atoms with Crippen LogP contribution in [0.25, 0.3) is 22.3 Å². The van der Waals surface area contributed by atoms with Crippen LogP contribution < -0.4 is 9.80 Å². The second-order valence-corrected chi connectivity index (χ2v) is 16.6. The van der Waals surface area contributed by atoms with Crippen molar-refractivity contribution in [2.45, 2.75) is 63.2 Å². The third-order valence-electron chi connectivity index (χ3n) is 13.3. The molecule has 11 rings (SSSR count). The fourth-order valence-corrected chi connectivity index (χ4v) is 10.6. The zero-order chi connectivity index (χ0) is 36.2. The fourth-order valence-electron chi connectivity index (χ4n) is 10.6. The van der Waals surface area contributed by atoms with E-state index in [1.165, 1.54) is 84.2 Å². The summed E-state index contributed by atoms with van der Waals surface area (Å²) >= 11 is 0. The number of allylic oxidation sites excluding steroid dienone is 12. The molecule has 5 aromatic rings. The summed E-state index contributed by atoms with van der Waals surface area (Å²) in [5.41, 5.74) is 21.9. The van der Waals surface area contributed by atoms with Gasteiger partial charge in [0.25, 0.3) is 0 Å². The van der Waals surface area contributed by atoms with Crippen LogP contribution in [0.2, 0.25) is 0 Å². The number of para-hydroxylation sites is 1. The molecule has 2 unspecified atom stereocenters. The summed E-state index contributed by atoms with van der Waals surface area (Å²) in [4.78, 5) is 5.10. The number of fused-ring (bicyclic) bond motifs is 8.